The highest BCUT2D eigenvalue weighted by Crippen LogP contribution is 2.16. The molecule has 0 heterocycles. The van der Waals surface area contributed by atoms with Crippen LogP contribution in [0.1, 0.15) is 5.56 Å². The molecule has 3 N–H and O–H groups in total. The standard InChI is InChI=1S/C11H17N3O/c1-8-6-9(4-5-10(8)12)13-11(15)7-14(2)3/h4-6H,7,12H2,1-3H3,(H,13,15). The summed E-state index contributed by atoms with van der Waals surface area (Å²) in [5.74, 6) is -0.0239. The third kappa shape index (κ3) is 3.59. The Morgan fingerprint density at radius 3 is 2.67 bits per heavy atom. The maximum atomic E-state index is 11.4. The summed E-state index contributed by atoms with van der Waals surface area (Å²) in [4.78, 5) is 13.3. The summed E-state index contributed by atoms with van der Waals surface area (Å²) in [6.45, 7) is 2.29. The van der Waals surface area contributed by atoms with Gasteiger partial charge in [0.2, 0.25) is 5.91 Å². The smallest absolute Gasteiger partial charge is 0.238 e. The van der Waals surface area contributed by atoms with Crippen LogP contribution in [-0.4, -0.2) is 31.4 Å². The molecule has 0 aromatic heterocycles. The van der Waals surface area contributed by atoms with Crippen LogP contribution in [0.4, 0.5) is 11.4 Å². The molecule has 0 fully saturated rings. The Balaban J connectivity index is 2.65. The van der Waals surface area contributed by atoms with Crippen molar-refractivity contribution in [3.05, 3.63) is 23.8 Å². The largest absolute Gasteiger partial charge is 0.399 e. The van der Waals surface area contributed by atoms with Gasteiger partial charge in [0.25, 0.3) is 0 Å². The summed E-state index contributed by atoms with van der Waals surface area (Å²) >= 11 is 0. The lowest BCUT2D eigenvalue weighted by molar-refractivity contribution is -0.116. The predicted octanol–water partition coefficient (Wildman–Crippen LogP) is 1.08. The molecule has 0 aliphatic carbocycles. The van der Waals surface area contributed by atoms with Gasteiger partial charge in [-0.15, -0.1) is 0 Å². The molecule has 0 saturated heterocycles. The number of nitrogen functional groups attached to an aromatic ring is 1. The fourth-order valence-corrected chi connectivity index (χ4v) is 1.24. The van der Waals surface area contributed by atoms with Crippen molar-refractivity contribution in [2.24, 2.45) is 0 Å². The van der Waals surface area contributed by atoms with Gasteiger partial charge in [0.05, 0.1) is 6.54 Å². The van der Waals surface area contributed by atoms with E-state index in [1.54, 1.807) is 12.1 Å². The Hall–Kier alpha value is -1.55. The van der Waals surface area contributed by atoms with Crippen LogP contribution in [0.5, 0.6) is 0 Å². The number of carbonyl (C=O) groups is 1. The Labute approximate surface area is 90.1 Å². The number of hydrogen-bond donors (Lipinski definition) is 2. The summed E-state index contributed by atoms with van der Waals surface area (Å²) in [6, 6.07) is 5.46. The number of rotatable bonds is 3. The van der Waals surface area contributed by atoms with Crippen molar-refractivity contribution >= 4 is 17.3 Å². The minimum absolute atomic E-state index is 0.0239. The van der Waals surface area contributed by atoms with E-state index in [9.17, 15) is 4.79 Å². The first kappa shape index (κ1) is 11.5. The lowest BCUT2D eigenvalue weighted by Gasteiger charge is -2.11. The van der Waals surface area contributed by atoms with E-state index in [0.717, 1.165) is 16.9 Å². The van der Waals surface area contributed by atoms with Crippen LogP contribution in [0.25, 0.3) is 0 Å². The van der Waals surface area contributed by atoms with Crippen molar-refractivity contribution in [3.8, 4) is 0 Å². The van der Waals surface area contributed by atoms with Gasteiger partial charge in [-0.25, -0.2) is 0 Å². The third-order valence-corrected chi connectivity index (χ3v) is 2.01. The molecule has 1 aromatic rings. The van der Waals surface area contributed by atoms with Gasteiger partial charge in [-0.2, -0.15) is 0 Å². The molecule has 4 nitrogen and oxygen atoms in total. The van der Waals surface area contributed by atoms with Crippen molar-refractivity contribution in [1.82, 2.24) is 4.90 Å². The number of benzene rings is 1. The number of nitrogens with zero attached hydrogens (tertiary/aromatic N) is 1. The van der Waals surface area contributed by atoms with Crippen LogP contribution in [0, 0.1) is 6.92 Å². The number of nitrogens with one attached hydrogen (secondary N) is 1. The van der Waals surface area contributed by atoms with E-state index in [4.69, 9.17) is 5.73 Å². The zero-order valence-electron chi connectivity index (χ0n) is 9.37. The fraction of sp³-hybridized carbons (Fsp3) is 0.364. The highest BCUT2D eigenvalue weighted by atomic mass is 16.2. The molecular weight excluding hydrogens is 190 g/mol. The number of amides is 1. The van der Waals surface area contributed by atoms with Crippen LogP contribution >= 0.6 is 0 Å². The van der Waals surface area contributed by atoms with Crippen molar-refractivity contribution in [2.45, 2.75) is 6.92 Å². The predicted molar refractivity (Wildman–Crippen MR) is 62.8 cm³/mol. The van der Waals surface area contributed by atoms with Gasteiger partial charge in [0.15, 0.2) is 0 Å². The lowest BCUT2D eigenvalue weighted by Crippen LogP contribution is -2.27. The van der Waals surface area contributed by atoms with Gasteiger partial charge in [-0.3, -0.25) is 4.79 Å². The molecule has 0 saturated carbocycles. The molecule has 0 bridgehead atoms. The lowest BCUT2D eigenvalue weighted by atomic mass is 10.2. The molecule has 82 valence electrons. The summed E-state index contributed by atoms with van der Waals surface area (Å²) < 4.78 is 0. The van der Waals surface area contributed by atoms with Gasteiger partial charge >= 0.3 is 0 Å². The Bertz CT molecular complexity index is 361. The Kier molecular flexibility index (Phi) is 3.68. The highest BCUT2D eigenvalue weighted by Gasteiger charge is 2.04. The number of likely N-dealkylation sites (N-methyl/N-ethyl adjacent to an activating group) is 1. The Morgan fingerprint density at radius 2 is 2.13 bits per heavy atom. The van der Waals surface area contributed by atoms with Crippen molar-refractivity contribution in [2.75, 3.05) is 31.7 Å². The van der Waals surface area contributed by atoms with Crippen LogP contribution in [0.2, 0.25) is 0 Å². The zero-order valence-corrected chi connectivity index (χ0v) is 9.37. The molecule has 1 aromatic carbocycles. The van der Waals surface area contributed by atoms with Gasteiger partial charge in [-0.05, 0) is 44.8 Å². The van der Waals surface area contributed by atoms with Crippen molar-refractivity contribution < 1.29 is 4.79 Å². The van der Waals surface area contributed by atoms with E-state index < -0.39 is 0 Å². The topological polar surface area (TPSA) is 58.4 Å². The van der Waals surface area contributed by atoms with Crippen LogP contribution in [0.15, 0.2) is 18.2 Å². The average Bonchev–Trinajstić information content (AvgIpc) is 2.10. The molecule has 1 amide bonds. The fourth-order valence-electron chi connectivity index (χ4n) is 1.24. The number of aryl methyl sites for hydroxylation is 1. The maximum absolute atomic E-state index is 11.4. The first-order valence-electron chi connectivity index (χ1n) is 4.80. The summed E-state index contributed by atoms with van der Waals surface area (Å²) in [5.41, 5.74) is 8.17. The molecule has 4 heteroatoms. The van der Waals surface area contributed by atoms with Crippen LogP contribution in [0.3, 0.4) is 0 Å². The van der Waals surface area contributed by atoms with Crippen LogP contribution < -0.4 is 11.1 Å². The molecule has 0 spiro atoms. The highest BCUT2D eigenvalue weighted by molar-refractivity contribution is 5.92. The molecule has 0 atom stereocenters. The Morgan fingerprint density at radius 1 is 1.47 bits per heavy atom. The summed E-state index contributed by atoms with van der Waals surface area (Å²) in [7, 11) is 3.71. The average molecular weight is 207 g/mol. The van der Waals surface area contributed by atoms with Crippen LogP contribution in [-0.2, 0) is 4.79 Å². The van der Waals surface area contributed by atoms with Gasteiger partial charge in [0, 0.05) is 11.4 Å². The monoisotopic (exact) mass is 207 g/mol. The van der Waals surface area contributed by atoms with Gasteiger partial charge in [-0.1, -0.05) is 0 Å². The second-order valence-electron chi connectivity index (χ2n) is 3.86. The molecule has 15 heavy (non-hydrogen) atoms. The summed E-state index contributed by atoms with van der Waals surface area (Å²) in [6.07, 6.45) is 0. The minimum Gasteiger partial charge on any atom is -0.399 e. The zero-order chi connectivity index (χ0) is 11.4. The second kappa shape index (κ2) is 4.79. The molecule has 0 aliphatic rings. The van der Waals surface area contributed by atoms with E-state index in [-0.39, 0.29) is 5.91 Å². The molecule has 0 unspecified atom stereocenters. The molecule has 0 radical (unpaired) electrons. The van der Waals surface area contributed by atoms with E-state index in [0.29, 0.717) is 6.54 Å². The summed E-state index contributed by atoms with van der Waals surface area (Å²) in [5, 5.41) is 2.81. The van der Waals surface area contributed by atoms with E-state index in [2.05, 4.69) is 5.32 Å². The SMILES string of the molecule is Cc1cc(NC(=O)CN(C)C)ccc1N. The first-order chi connectivity index (χ1) is 6.99. The third-order valence-electron chi connectivity index (χ3n) is 2.01. The van der Waals surface area contributed by atoms with Gasteiger partial charge < -0.3 is 16.0 Å². The number of anilines is 2. The molecule has 0 aliphatic heterocycles. The maximum Gasteiger partial charge on any atom is 0.238 e. The van der Waals surface area contributed by atoms with Gasteiger partial charge in [0.1, 0.15) is 0 Å². The van der Waals surface area contributed by atoms with Crippen molar-refractivity contribution in [1.29, 1.82) is 0 Å². The minimum atomic E-state index is -0.0239. The van der Waals surface area contributed by atoms with E-state index in [1.165, 1.54) is 0 Å². The second-order valence-corrected chi connectivity index (χ2v) is 3.86. The number of nitrogens with two attached hydrogens (primary N) is 1. The molecular formula is C11H17N3O. The quantitative estimate of drug-likeness (QED) is 0.729. The molecule has 1 rings (SSSR count). The normalized spacial score (nSPS) is 10.4. The number of hydrogen-bond acceptors (Lipinski definition) is 3. The van der Waals surface area contributed by atoms with E-state index >= 15 is 0 Å². The first-order valence-corrected chi connectivity index (χ1v) is 4.80. The van der Waals surface area contributed by atoms with E-state index in [1.807, 2.05) is 32.0 Å². The van der Waals surface area contributed by atoms with Crippen molar-refractivity contribution in [3.63, 3.8) is 0 Å². The number of carbonyl (C=O) groups excluding carboxylic acids is 1.